The van der Waals surface area contributed by atoms with Crippen LogP contribution in [0.25, 0.3) is 33.4 Å². The second kappa shape index (κ2) is 6.49. The number of nitrogens with zero attached hydrogens (tertiary/aromatic N) is 1. The molecule has 4 rings (SSSR count). The lowest BCUT2D eigenvalue weighted by molar-refractivity contribution is -0.136. The molecule has 5 N–H and O–H groups in total. The predicted molar refractivity (Wildman–Crippen MR) is 104 cm³/mol. The van der Waals surface area contributed by atoms with Crippen LogP contribution in [-0.4, -0.2) is 26.2 Å². The number of benzene rings is 2. The molecule has 0 saturated carbocycles. The maximum atomic E-state index is 11.2. The molecule has 0 aliphatic rings. The molecular weight excluding hydrogens is 342 g/mol. The first-order valence-electron chi connectivity index (χ1n) is 8.40. The van der Waals surface area contributed by atoms with Crippen LogP contribution < -0.4 is 5.73 Å². The van der Waals surface area contributed by atoms with Gasteiger partial charge in [-0.1, -0.05) is 30.3 Å². The number of nitrogens with one attached hydrogen (secondary N) is 1. The van der Waals surface area contributed by atoms with Gasteiger partial charge in [-0.2, -0.15) is 0 Å². The lowest BCUT2D eigenvalue weighted by Crippen LogP contribution is -2.01. The van der Waals surface area contributed by atoms with Crippen molar-refractivity contribution in [2.75, 3.05) is 5.73 Å². The first-order valence-corrected chi connectivity index (χ1v) is 8.40. The van der Waals surface area contributed by atoms with Gasteiger partial charge in [0.1, 0.15) is 11.6 Å². The number of phenols is 1. The Morgan fingerprint density at radius 1 is 1.04 bits per heavy atom. The number of aromatic nitrogens is 2. The van der Waals surface area contributed by atoms with Gasteiger partial charge < -0.3 is 20.9 Å². The standard InChI is InChI=1S/C21H17N3O3/c22-19-7-6-16-18(24-19)11-17(23-16)15-9-12(10-20(25)26)8-14(21(15)27)13-4-2-1-3-5-13/h1-9,11,23,27H,10H2,(H2,22,24)(H,25,26). The number of anilines is 1. The summed E-state index contributed by atoms with van der Waals surface area (Å²) in [6, 6.07) is 18.1. The summed E-state index contributed by atoms with van der Waals surface area (Å²) < 4.78 is 0. The largest absolute Gasteiger partial charge is 0.507 e. The summed E-state index contributed by atoms with van der Waals surface area (Å²) in [5, 5.41) is 20.1. The molecule has 0 radical (unpaired) electrons. The van der Waals surface area contributed by atoms with Gasteiger partial charge in [-0.3, -0.25) is 4.79 Å². The lowest BCUT2D eigenvalue weighted by atomic mass is 9.95. The zero-order valence-electron chi connectivity index (χ0n) is 14.3. The number of nitrogens with two attached hydrogens (primary N) is 1. The number of carboxylic acid groups (broad SMARTS) is 1. The average molecular weight is 359 g/mol. The number of pyridine rings is 1. The van der Waals surface area contributed by atoms with E-state index in [1.165, 1.54) is 0 Å². The fraction of sp³-hybridized carbons (Fsp3) is 0.0476. The van der Waals surface area contributed by atoms with E-state index in [1.807, 2.05) is 36.4 Å². The molecule has 6 heteroatoms. The normalized spacial score (nSPS) is 11.0. The Balaban J connectivity index is 1.93. The monoisotopic (exact) mass is 359 g/mol. The van der Waals surface area contributed by atoms with E-state index in [0.717, 1.165) is 11.1 Å². The fourth-order valence-corrected chi connectivity index (χ4v) is 3.18. The maximum absolute atomic E-state index is 11.2. The fourth-order valence-electron chi connectivity index (χ4n) is 3.18. The topological polar surface area (TPSA) is 112 Å². The van der Waals surface area contributed by atoms with Crippen molar-refractivity contribution < 1.29 is 15.0 Å². The number of hydrogen-bond donors (Lipinski definition) is 4. The number of carboxylic acids is 1. The number of carbonyl (C=O) groups is 1. The van der Waals surface area contributed by atoms with Crippen molar-refractivity contribution in [3.05, 3.63) is 66.2 Å². The molecule has 0 amide bonds. The Labute approximate surface area is 154 Å². The van der Waals surface area contributed by atoms with Crippen LogP contribution in [0.2, 0.25) is 0 Å². The number of fused-ring (bicyclic) bond motifs is 1. The van der Waals surface area contributed by atoms with Gasteiger partial charge in [0.15, 0.2) is 0 Å². The van der Waals surface area contributed by atoms with Gasteiger partial charge in [0.2, 0.25) is 0 Å². The summed E-state index contributed by atoms with van der Waals surface area (Å²) in [6.07, 6.45) is -0.140. The molecule has 0 fully saturated rings. The molecule has 0 spiro atoms. The molecule has 0 saturated heterocycles. The number of phenolic OH excluding ortho intramolecular Hbond substituents is 1. The molecule has 4 aromatic rings. The number of hydrogen-bond acceptors (Lipinski definition) is 4. The molecule has 134 valence electrons. The smallest absolute Gasteiger partial charge is 0.307 e. The average Bonchev–Trinajstić information content (AvgIpc) is 3.06. The van der Waals surface area contributed by atoms with Crippen LogP contribution in [0.3, 0.4) is 0 Å². The summed E-state index contributed by atoms with van der Waals surface area (Å²) in [7, 11) is 0. The lowest BCUT2D eigenvalue weighted by Gasteiger charge is -2.12. The van der Waals surface area contributed by atoms with Gasteiger partial charge in [-0.05, 0) is 41.5 Å². The molecule has 0 aliphatic carbocycles. The zero-order valence-corrected chi connectivity index (χ0v) is 14.3. The van der Waals surface area contributed by atoms with Gasteiger partial charge >= 0.3 is 5.97 Å². The van der Waals surface area contributed by atoms with Crippen LogP contribution in [0.5, 0.6) is 5.75 Å². The SMILES string of the molecule is Nc1ccc2[nH]c(-c3cc(CC(=O)O)cc(-c4ccccc4)c3O)cc2n1. The molecule has 6 nitrogen and oxygen atoms in total. The third-order valence-electron chi connectivity index (χ3n) is 4.40. The van der Waals surface area contributed by atoms with Crippen LogP contribution in [-0.2, 0) is 11.2 Å². The highest BCUT2D eigenvalue weighted by atomic mass is 16.4. The number of rotatable bonds is 4. The van der Waals surface area contributed by atoms with Crippen LogP contribution in [0.15, 0.2) is 60.7 Å². The highest BCUT2D eigenvalue weighted by Gasteiger charge is 2.16. The van der Waals surface area contributed by atoms with Gasteiger partial charge in [-0.15, -0.1) is 0 Å². The molecule has 0 atom stereocenters. The summed E-state index contributed by atoms with van der Waals surface area (Å²) in [5.41, 5.74) is 10.3. The van der Waals surface area contributed by atoms with Crippen molar-refractivity contribution in [1.29, 1.82) is 0 Å². The number of aromatic amines is 1. The summed E-state index contributed by atoms with van der Waals surface area (Å²) >= 11 is 0. The molecule has 0 bridgehead atoms. The van der Waals surface area contributed by atoms with E-state index < -0.39 is 5.97 Å². The Hall–Kier alpha value is -3.80. The third-order valence-corrected chi connectivity index (χ3v) is 4.40. The highest BCUT2D eigenvalue weighted by Crippen LogP contribution is 2.39. The Morgan fingerprint density at radius 3 is 2.52 bits per heavy atom. The van der Waals surface area contributed by atoms with Gasteiger partial charge in [0, 0.05) is 11.1 Å². The molecular formula is C21H17N3O3. The molecule has 0 aliphatic heterocycles. The van der Waals surface area contributed by atoms with Crippen LogP contribution in [0.1, 0.15) is 5.56 Å². The van der Waals surface area contributed by atoms with E-state index in [9.17, 15) is 15.0 Å². The van der Waals surface area contributed by atoms with Gasteiger partial charge in [-0.25, -0.2) is 4.98 Å². The second-order valence-electron chi connectivity index (χ2n) is 6.33. The van der Waals surface area contributed by atoms with Crippen molar-refractivity contribution in [2.45, 2.75) is 6.42 Å². The maximum Gasteiger partial charge on any atom is 0.307 e. The first-order chi connectivity index (χ1) is 13.0. The zero-order chi connectivity index (χ0) is 19.0. The summed E-state index contributed by atoms with van der Waals surface area (Å²) in [6.45, 7) is 0. The highest BCUT2D eigenvalue weighted by molar-refractivity contribution is 5.89. The molecule has 0 unspecified atom stereocenters. The molecule has 2 heterocycles. The second-order valence-corrected chi connectivity index (χ2v) is 6.33. The van der Waals surface area contributed by atoms with Gasteiger partial charge in [0.25, 0.3) is 0 Å². The Morgan fingerprint density at radius 2 is 1.78 bits per heavy atom. The van der Waals surface area contributed by atoms with Crippen molar-refractivity contribution >= 4 is 22.8 Å². The van der Waals surface area contributed by atoms with Crippen molar-refractivity contribution in [3.8, 4) is 28.1 Å². The van der Waals surface area contributed by atoms with E-state index in [4.69, 9.17) is 5.73 Å². The van der Waals surface area contributed by atoms with Crippen molar-refractivity contribution in [3.63, 3.8) is 0 Å². The summed E-state index contributed by atoms with van der Waals surface area (Å²) in [5.74, 6) is -0.450. The van der Waals surface area contributed by atoms with E-state index in [0.29, 0.717) is 33.7 Å². The predicted octanol–water partition coefficient (Wildman–Crippen LogP) is 3.81. The third kappa shape index (κ3) is 3.20. The van der Waals surface area contributed by atoms with E-state index >= 15 is 0 Å². The first kappa shape index (κ1) is 16.7. The number of aliphatic carboxylic acids is 1. The molecule has 27 heavy (non-hydrogen) atoms. The minimum Gasteiger partial charge on any atom is -0.507 e. The quantitative estimate of drug-likeness (QED) is 0.443. The van der Waals surface area contributed by atoms with Crippen molar-refractivity contribution in [1.82, 2.24) is 9.97 Å². The van der Waals surface area contributed by atoms with Crippen LogP contribution >= 0.6 is 0 Å². The van der Waals surface area contributed by atoms with Crippen molar-refractivity contribution in [2.24, 2.45) is 0 Å². The van der Waals surface area contributed by atoms with E-state index in [-0.39, 0.29) is 12.2 Å². The van der Waals surface area contributed by atoms with E-state index in [2.05, 4.69) is 9.97 Å². The number of aromatic hydroxyl groups is 1. The summed E-state index contributed by atoms with van der Waals surface area (Å²) in [4.78, 5) is 18.7. The number of nitrogen functional groups attached to an aromatic ring is 1. The van der Waals surface area contributed by atoms with E-state index in [1.54, 1.807) is 24.3 Å². The molecule has 2 aromatic heterocycles. The van der Waals surface area contributed by atoms with Crippen LogP contribution in [0, 0.1) is 0 Å². The number of H-pyrrole nitrogens is 1. The van der Waals surface area contributed by atoms with Crippen LogP contribution in [0.4, 0.5) is 5.82 Å². The minimum atomic E-state index is -0.934. The molecule has 2 aromatic carbocycles. The Kier molecular flexibility index (Phi) is 4.01. The van der Waals surface area contributed by atoms with Gasteiger partial charge in [0.05, 0.1) is 23.1 Å². The minimum absolute atomic E-state index is 0.0786. The Bertz CT molecular complexity index is 1150.